The van der Waals surface area contributed by atoms with Gasteiger partial charge in [-0.1, -0.05) is 12.5 Å². The third-order valence-electron chi connectivity index (χ3n) is 4.95. The van der Waals surface area contributed by atoms with E-state index in [1.807, 2.05) is 12.1 Å². The van der Waals surface area contributed by atoms with Gasteiger partial charge in [0, 0.05) is 6.04 Å². The topological polar surface area (TPSA) is 75.0 Å². The molecule has 2 aromatic rings. The van der Waals surface area contributed by atoms with Crippen LogP contribution in [-0.2, 0) is 0 Å². The van der Waals surface area contributed by atoms with Crippen LogP contribution in [0.25, 0.3) is 11.0 Å². The molecule has 1 saturated carbocycles. The second kappa shape index (κ2) is 4.84. The lowest BCUT2D eigenvalue weighted by Gasteiger charge is -2.37. The Balaban J connectivity index is 1.73. The molecule has 0 radical (unpaired) electrons. The molecule has 4 rings (SSSR count). The van der Waals surface area contributed by atoms with E-state index in [-0.39, 0.29) is 0 Å². The highest BCUT2D eigenvalue weighted by Gasteiger charge is 2.36. The molecular formula is C16H20N4O. The Morgan fingerprint density at radius 2 is 2.14 bits per heavy atom. The van der Waals surface area contributed by atoms with Gasteiger partial charge in [-0.05, 0) is 44.4 Å². The van der Waals surface area contributed by atoms with Gasteiger partial charge in [-0.15, -0.1) is 0 Å². The van der Waals surface area contributed by atoms with E-state index in [4.69, 9.17) is 10.7 Å². The SMILES string of the molecule is NC(=O)c1cccc2[nH]c([C@H]3CCCN3C3CCC3)nc12. The lowest BCUT2D eigenvalue weighted by Crippen LogP contribution is -2.39. The summed E-state index contributed by atoms with van der Waals surface area (Å²) in [5, 5.41) is 0. The maximum Gasteiger partial charge on any atom is 0.250 e. The fourth-order valence-corrected chi connectivity index (χ4v) is 3.65. The van der Waals surface area contributed by atoms with Crippen LogP contribution in [0, 0.1) is 0 Å². The first-order chi connectivity index (χ1) is 10.2. The zero-order valence-electron chi connectivity index (χ0n) is 12.0. The minimum absolute atomic E-state index is 0.364. The van der Waals surface area contributed by atoms with E-state index in [1.54, 1.807) is 6.07 Å². The number of imidazole rings is 1. The van der Waals surface area contributed by atoms with Gasteiger partial charge in [0.15, 0.2) is 0 Å². The standard InChI is InChI=1S/C16H20N4O/c17-15(21)11-6-2-7-12-14(11)19-16(18-12)13-8-3-9-20(13)10-4-1-5-10/h2,6-7,10,13H,1,3-5,8-9H2,(H2,17,21)(H,18,19)/t13-/m1/s1. The number of hydrogen-bond donors (Lipinski definition) is 2. The number of aromatic nitrogens is 2. The average molecular weight is 284 g/mol. The molecular weight excluding hydrogens is 264 g/mol. The Labute approximate surface area is 123 Å². The van der Waals surface area contributed by atoms with Crippen LogP contribution in [-0.4, -0.2) is 33.4 Å². The Morgan fingerprint density at radius 1 is 1.29 bits per heavy atom. The number of H-pyrrole nitrogens is 1. The second-order valence-corrected chi connectivity index (χ2v) is 6.17. The monoisotopic (exact) mass is 284 g/mol. The summed E-state index contributed by atoms with van der Waals surface area (Å²) in [6, 6.07) is 6.64. The molecule has 5 heteroatoms. The molecule has 1 aromatic carbocycles. The fourth-order valence-electron chi connectivity index (χ4n) is 3.65. The second-order valence-electron chi connectivity index (χ2n) is 6.17. The van der Waals surface area contributed by atoms with Crippen molar-refractivity contribution in [3.63, 3.8) is 0 Å². The normalized spacial score (nSPS) is 23.5. The largest absolute Gasteiger partial charge is 0.366 e. The van der Waals surface area contributed by atoms with Crippen molar-refractivity contribution >= 4 is 16.9 Å². The zero-order valence-corrected chi connectivity index (χ0v) is 12.0. The van der Waals surface area contributed by atoms with E-state index < -0.39 is 5.91 Å². The van der Waals surface area contributed by atoms with Crippen LogP contribution in [0.1, 0.15) is 54.3 Å². The molecule has 1 saturated heterocycles. The van der Waals surface area contributed by atoms with Gasteiger partial charge in [0.25, 0.3) is 5.91 Å². The molecule has 1 aliphatic carbocycles. The van der Waals surface area contributed by atoms with Gasteiger partial charge >= 0.3 is 0 Å². The van der Waals surface area contributed by atoms with E-state index in [9.17, 15) is 4.79 Å². The van der Waals surface area contributed by atoms with Crippen LogP contribution in [0.2, 0.25) is 0 Å². The fraction of sp³-hybridized carbons (Fsp3) is 0.500. The molecule has 1 amide bonds. The Morgan fingerprint density at radius 3 is 2.86 bits per heavy atom. The van der Waals surface area contributed by atoms with Crippen molar-refractivity contribution in [1.82, 2.24) is 14.9 Å². The number of para-hydroxylation sites is 1. The van der Waals surface area contributed by atoms with Gasteiger partial charge in [0.05, 0.1) is 17.1 Å². The number of nitrogens with zero attached hydrogens (tertiary/aromatic N) is 2. The minimum Gasteiger partial charge on any atom is -0.366 e. The molecule has 3 N–H and O–H groups in total. The van der Waals surface area contributed by atoms with E-state index in [0.717, 1.165) is 30.3 Å². The predicted octanol–water partition coefficient (Wildman–Crippen LogP) is 2.35. The van der Waals surface area contributed by atoms with Crippen molar-refractivity contribution in [2.45, 2.75) is 44.2 Å². The number of hydrogen-bond acceptors (Lipinski definition) is 3. The van der Waals surface area contributed by atoms with Gasteiger partial charge in [0.2, 0.25) is 0 Å². The van der Waals surface area contributed by atoms with E-state index in [2.05, 4.69) is 9.88 Å². The number of likely N-dealkylation sites (tertiary alicyclic amines) is 1. The van der Waals surface area contributed by atoms with E-state index >= 15 is 0 Å². The summed E-state index contributed by atoms with van der Waals surface area (Å²) < 4.78 is 0. The number of nitrogens with one attached hydrogen (secondary N) is 1. The maximum atomic E-state index is 11.5. The molecule has 0 spiro atoms. The highest BCUT2D eigenvalue weighted by atomic mass is 16.1. The number of amides is 1. The molecule has 2 aliphatic rings. The number of fused-ring (bicyclic) bond motifs is 1. The number of primary amides is 1. The first kappa shape index (κ1) is 12.8. The number of rotatable bonds is 3. The van der Waals surface area contributed by atoms with Gasteiger partial charge in [0.1, 0.15) is 11.3 Å². The lowest BCUT2D eigenvalue weighted by atomic mass is 9.91. The van der Waals surface area contributed by atoms with E-state index in [0.29, 0.717) is 17.1 Å². The Bertz CT molecular complexity index is 689. The number of carbonyl (C=O) groups excluding carboxylic acids is 1. The first-order valence-electron chi connectivity index (χ1n) is 7.78. The Hall–Kier alpha value is -1.88. The number of benzene rings is 1. The summed E-state index contributed by atoms with van der Waals surface area (Å²) >= 11 is 0. The summed E-state index contributed by atoms with van der Waals surface area (Å²) in [6.07, 6.45) is 6.33. The van der Waals surface area contributed by atoms with Crippen LogP contribution >= 0.6 is 0 Å². The highest BCUT2D eigenvalue weighted by Crippen LogP contribution is 2.38. The number of carbonyl (C=O) groups is 1. The summed E-state index contributed by atoms with van der Waals surface area (Å²) in [7, 11) is 0. The zero-order chi connectivity index (χ0) is 14.4. The molecule has 1 atom stereocenters. The number of nitrogens with two attached hydrogens (primary N) is 1. The summed E-state index contributed by atoms with van der Waals surface area (Å²) in [6.45, 7) is 1.16. The van der Waals surface area contributed by atoms with Crippen molar-refractivity contribution in [2.24, 2.45) is 5.73 Å². The quantitative estimate of drug-likeness (QED) is 0.908. The van der Waals surface area contributed by atoms with Gasteiger partial charge in [-0.2, -0.15) is 0 Å². The van der Waals surface area contributed by atoms with Crippen LogP contribution in [0.15, 0.2) is 18.2 Å². The molecule has 2 heterocycles. The summed E-state index contributed by atoms with van der Waals surface area (Å²) in [5.74, 6) is 0.573. The summed E-state index contributed by atoms with van der Waals surface area (Å²) in [4.78, 5) is 22.2. The first-order valence-corrected chi connectivity index (χ1v) is 7.78. The molecule has 5 nitrogen and oxygen atoms in total. The minimum atomic E-state index is -0.416. The molecule has 2 fully saturated rings. The predicted molar refractivity (Wildman–Crippen MR) is 80.9 cm³/mol. The third kappa shape index (κ3) is 2.03. The Kier molecular flexibility index (Phi) is 2.96. The molecule has 0 unspecified atom stereocenters. The van der Waals surface area contributed by atoms with Crippen molar-refractivity contribution in [3.05, 3.63) is 29.6 Å². The molecule has 21 heavy (non-hydrogen) atoms. The van der Waals surface area contributed by atoms with Crippen molar-refractivity contribution < 1.29 is 4.79 Å². The van der Waals surface area contributed by atoms with Gasteiger partial charge < -0.3 is 10.7 Å². The molecule has 1 aliphatic heterocycles. The van der Waals surface area contributed by atoms with Gasteiger partial charge in [-0.3, -0.25) is 9.69 Å². The highest BCUT2D eigenvalue weighted by molar-refractivity contribution is 6.04. The average Bonchev–Trinajstić information content (AvgIpc) is 3.01. The maximum absolute atomic E-state index is 11.5. The number of aromatic amines is 1. The van der Waals surface area contributed by atoms with Gasteiger partial charge in [-0.25, -0.2) is 4.98 Å². The molecule has 1 aromatic heterocycles. The third-order valence-corrected chi connectivity index (χ3v) is 4.95. The van der Waals surface area contributed by atoms with Crippen LogP contribution in [0.5, 0.6) is 0 Å². The van der Waals surface area contributed by atoms with Crippen LogP contribution in [0.3, 0.4) is 0 Å². The van der Waals surface area contributed by atoms with Crippen LogP contribution in [0.4, 0.5) is 0 Å². The molecule has 110 valence electrons. The van der Waals surface area contributed by atoms with Crippen molar-refractivity contribution in [1.29, 1.82) is 0 Å². The van der Waals surface area contributed by atoms with Crippen LogP contribution < -0.4 is 5.73 Å². The van der Waals surface area contributed by atoms with Crippen molar-refractivity contribution in [3.8, 4) is 0 Å². The lowest BCUT2D eigenvalue weighted by molar-refractivity contribution is 0.100. The smallest absolute Gasteiger partial charge is 0.250 e. The van der Waals surface area contributed by atoms with E-state index in [1.165, 1.54) is 25.7 Å². The molecule has 0 bridgehead atoms. The van der Waals surface area contributed by atoms with Crippen molar-refractivity contribution in [2.75, 3.05) is 6.54 Å². The summed E-state index contributed by atoms with van der Waals surface area (Å²) in [5.41, 5.74) is 7.56.